The molecule has 2 amide bonds. The van der Waals surface area contributed by atoms with E-state index in [-0.39, 0.29) is 18.2 Å². The van der Waals surface area contributed by atoms with Crippen LogP contribution in [0.5, 0.6) is 0 Å². The zero-order valence-corrected chi connectivity index (χ0v) is 16.3. The second-order valence-electron chi connectivity index (χ2n) is 7.20. The Morgan fingerprint density at radius 3 is 2.44 bits per heavy atom. The molecule has 7 nitrogen and oxygen atoms in total. The zero-order valence-electron chi connectivity index (χ0n) is 16.3. The second kappa shape index (κ2) is 9.01. The minimum Gasteiger partial charge on any atom is -0.373 e. The largest absolute Gasteiger partial charge is 0.373 e. The average molecular weight is 371 g/mol. The Kier molecular flexibility index (Phi) is 6.47. The number of morpholine rings is 1. The number of hydrogen-bond acceptors (Lipinski definition) is 4. The van der Waals surface area contributed by atoms with Crippen LogP contribution in [0.4, 0.5) is 4.79 Å². The summed E-state index contributed by atoms with van der Waals surface area (Å²) in [5.74, 6) is 0. The van der Waals surface area contributed by atoms with Crippen molar-refractivity contribution in [2.75, 3.05) is 13.1 Å². The van der Waals surface area contributed by atoms with Crippen LogP contribution in [0, 0.1) is 0 Å². The molecule has 1 aliphatic heterocycles. The van der Waals surface area contributed by atoms with Crippen LogP contribution >= 0.6 is 0 Å². The van der Waals surface area contributed by atoms with Gasteiger partial charge in [0.25, 0.3) is 0 Å². The lowest BCUT2D eigenvalue weighted by Crippen LogP contribution is -2.45. The third-order valence-corrected chi connectivity index (χ3v) is 4.80. The third-order valence-electron chi connectivity index (χ3n) is 4.80. The molecule has 0 bridgehead atoms. The first-order valence-corrected chi connectivity index (χ1v) is 9.44. The van der Waals surface area contributed by atoms with E-state index >= 15 is 0 Å². The molecule has 2 heterocycles. The fourth-order valence-corrected chi connectivity index (χ4v) is 3.52. The maximum absolute atomic E-state index is 12.1. The smallest absolute Gasteiger partial charge is 0.315 e. The van der Waals surface area contributed by atoms with Crippen LogP contribution in [0.15, 0.2) is 36.5 Å². The van der Waals surface area contributed by atoms with Crippen molar-refractivity contribution in [3.05, 3.63) is 53.3 Å². The molecule has 2 unspecified atom stereocenters. The maximum atomic E-state index is 12.1. The number of aryl methyl sites for hydroxylation is 1. The molecule has 1 aliphatic rings. The van der Waals surface area contributed by atoms with E-state index in [1.54, 1.807) is 10.9 Å². The Hall–Kier alpha value is -2.38. The molecule has 7 heteroatoms. The van der Waals surface area contributed by atoms with Crippen molar-refractivity contribution in [3.8, 4) is 0 Å². The van der Waals surface area contributed by atoms with Gasteiger partial charge in [-0.3, -0.25) is 9.58 Å². The van der Waals surface area contributed by atoms with Crippen LogP contribution in [0.3, 0.4) is 0 Å². The van der Waals surface area contributed by atoms with Crippen LogP contribution in [-0.4, -0.2) is 46.0 Å². The lowest BCUT2D eigenvalue weighted by Gasteiger charge is -2.35. The first-order chi connectivity index (χ1) is 13.0. The summed E-state index contributed by atoms with van der Waals surface area (Å²) in [5.41, 5.74) is 3.34. The molecule has 146 valence electrons. The van der Waals surface area contributed by atoms with Crippen molar-refractivity contribution in [3.63, 3.8) is 0 Å². The molecule has 0 spiro atoms. The first-order valence-electron chi connectivity index (χ1n) is 9.44. The SMILES string of the molecule is CC1CN(Cc2ccccc2CNC(=O)NCc2ccnn2C)CC(C)O1. The van der Waals surface area contributed by atoms with Gasteiger partial charge in [0.1, 0.15) is 0 Å². The molecule has 0 saturated carbocycles. The fourth-order valence-electron chi connectivity index (χ4n) is 3.52. The number of nitrogens with zero attached hydrogens (tertiary/aromatic N) is 3. The number of ether oxygens (including phenoxy) is 1. The summed E-state index contributed by atoms with van der Waals surface area (Å²) in [6.07, 6.45) is 2.21. The Morgan fingerprint density at radius 2 is 1.78 bits per heavy atom. The topological polar surface area (TPSA) is 71.4 Å². The van der Waals surface area contributed by atoms with Crippen molar-refractivity contribution < 1.29 is 9.53 Å². The first kappa shape index (κ1) is 19.4. The number of rotatable bonds is 6. The maximum Gasteiger partial charge on any atom is 0.315 e. The average Bonchev–Trinajstić information content (AvgIpc) is 3.03. The molecule has 2 N–H and O–H groups in total. The third kappa shape index (κ3) is 5.55. The number of hydrogen-bond donors (Lipinski definition) is 2. The Bertz CT molecular complexity index is 750. The molecule has 1 fully saturated rings. The van der Waals surface area contributed by atoms with E-state index in [2.05, 4.69) is 52.7 Å². The lowest BCUT2D eigenvalue weighted by molar-refractivity contribution is -0.0705. The number of urea groups is 1. The normalized spacial score (nSPS) is 20.4. The van der Waals surface area contributed by atoms with Gasteiger partial charge in [-0.1, -0.05) is 24.3 Å². The summed E-state index contributed by atoms with van der Waals surface area (Å²) in [4.78, 5) is 14.5. The van der Waals surface area contributed by atoms with Crippen molar-refractivity contribution in [2.24, 2.45) is 7.05 Å². The monoisotopic (exact) mass is 371 g/mol. The van der Waals surface area contributed by atoms with Crippen LogP contribution in [0.2, 0.25) is 0 Å². The van der Waals surface area contributed by atoms with Crippen LogP contribution in [0.25, 0.3) is 0 Å². The summed E-state index contributed by atoms with van der Waals surface area (Å²) < 4.78 is 7.57. The van der Waals surface area contributed by atoms with Crippen LogP contribution < -0.4 is 10.6 Å². The van der Waals surface area contributed by atoms with E-state index in [1.807, 2.05) is 19.2 Å². The highest BCUT2D eigenvalue weighted by Gasteiger charge is 2.22. The molecule has 0 radical (unpaired) electrons. The summed E-state index contributed by atoms with van der Waals surface area (Å²) in [7, 11) is 1.86. The number of benzene rings is 1. The van der Waals surface area contributed by atoms with Gasteiger partial charge in [0, 0.05) is 39.4 Å². The highest BCUT2D eigenvalue weighted by Crippen LogP contribution is 2.17. The molecule has 3 rings (SSSR count). The summed E-state index contributed by atoms with van der Waals surface area (Å²) >= 11 is 0. The minimum atomic E-state index is -0.181. The van der Waals surface area contributed by atoms with E-state index in [0.29, 0.717) is 13.1 Å². The number of aromatic nitrogens is 2. The minimum absolute atomic E-state index is 0.181. The van der Waals surface area contributed by atoms with E-state index in [9.17, 15) is 4.79 Å². The molecule has 2 aromatic rings. The number of nitrogens with one attached hydrogen (secondary N) is 2. The van der Waals surface area contributed by atoms with Gasteiger partial charge in [-0.05, 0) is 31.0 Å². The number of carbonyl (C=O) groups is 1. The lowest BCUT2D eigenvalue weighted by atomic mass is 10.1. The van der Waals surface area contributed by atoms with Gasteiger partial charge in [-0.15, -0.1) is 0 Å². The molecule has 1 aromatic carbocycles. The van der Waals surface area contributed by atoms with Gasteiger partial charge >= 0.3 is 6.03 Å². The van der Waals surface area contributed by atoms with Gasteiger partial charge < -0.3 is 15.4 Å². The van der Waals surface area contributed by atoms with E-state index in [0.717, 1.165) is 30.9 Å². The fraction of sp³-hybridized carbons (Fsp3) is 0.500. The highest BCUT2D eigenvalue weighted by molar-refractivity contribution is 5.73. The summed E-state index contributed by atoms with van der Waals surface area (Å²) in [6.45, 7) is 7.91. The van der Waals surface area contributed by atoms with E-state index in [1.165, 1.54) is 5.56 Å². The highest BCUT2D eigenvalue weighted by atomic mass is 16.5. The van der Waals surface area contributed by atoms with Gasteiger partial charge in [0.2, 0.25) is 0 Å². The second-order valence-corrected chi connectivity index (χ2v) is 7.20. The zero-order chi connectivity index (χ0) is 19.2. The molecular weight excluding hydrogens is 342 g/mol. The van der Waals surface area contributed by atoms with Crippen molar-refractivity contribution >= 4 is 6.03 Å². The molecule has 2 atom stereocenters. The van der Waals surface area contributed by atoms with Crippen molar-refractivity contribution in [2.45, 2.75) is 45.7 Å². The van der Waals surface area contributed by atoms with Crippen molar-refractivity contribution in [1.29, 1.82) is 0 Å². The molecular formula is C20H29N5O2. The molecule has 1 saturated heterocycles. The molecule has 27 heavy (non-hydrogen) atoms. The predicted octanol–water partition coefficient (Wildman–Crippen LogP) is 2.03. The Balaban J connectivity index is 1.53. The Labute approximate surface area is 160 Å². The number of amides is 2. The predicted molar refractivity (Wildman–Crippen MR) is 104 cm³/mol. The Morgan fingerprint density at radius 1 is 1.11 bits per heavy atom. The molecule has 1 aromatic heterocycles. The van der Waals surface area contributed by atoms with Crippen LogP contribution in [0.1, 0.15) is 30.7 Å². The van der Waals surface area contributed by atoms with Gasteiger partial charge in [-0.25, -0.2) is 4.79 Å². The van der Waals surface area contributed by atoms with Crippen LogP contribution in [-0.2, 0) is 31.4 Å². The quantitative estimate of drug-likeness (QED) is 0.815. The van der Waals surface area contributed by atoms with Gasteiger partial charge in [-0.2, -0.15) is 5.10 Å². The van der Waals surface area contributed by atoms with Gasteiger partial charge in [0.15, 0.2) is 0 Å². The van der Waals surface area contributed by atoms with E-state index in [4.69, 9.17) is 4.74 Å². The standard InChI is InChI=1S/C20H29N5O2/c1-15-12-25(13-16(2)27-15)14-18-7-5-4-6-17(18)10-21-20(26)22-11-19-8-9-23-24(19)3/h4-9,15-16H,10-14H2,1-3H3,(H2,21,22,26). The number of carbonyl (C=O) groups excluding carboxylic acids is 1. The summed E-state index contributed by atoms with van der Waals surface area (Å²) in [6, 6.07) is 9.98. The molecule has 0 aliphatic carbocycles. The summed E-state index contributed by atoms with van der Waals surface area (Å²) in [5, 5.41) is 9.92. The van der Waals surface area contributed by atoms with Crippen molar-refractivity contribution in [1.82, 2.24) is 25.3 Å². The van der Waals surface area contributed by atoms with E-state index < -0.39 is 0 Å². The van der Waals surface area contributed by atoms with Gasteiger partial charge in [0.05, 0.1) is 24.4 Å².